The molecule has 2 amide bonds. The number of nitrogens with zero attached hydrogens (tertiary/aromatic N) is 4. The van der Waals surface area contributed by atoms with Gasteiger partial charge in [0.25, 0.3) is 5.91 Å². The van der Waals surface area contributed by atoms with Gasteiger partial charge in [0, 0.05) is 56.6 Å². The molecule has 3 aliphatic rings. The van der Waals surface area contributed by atoms with E-state index in [0.717, 1.165) is 66.4 Å². The van der Waals surface area contributed by atoms with Crippen LogP contribution in [0.4, 0.5) is 17.1 Å². The molecule has 0 atom stereocenters. The molecule has 3 aromatic rings. The Morgan fingerprint density at radius 3 is 2.61 bits per heavy atom. The van der Waals surface area contributed by atoms with E-state index in [9.17, 15) is 14.9 Å². The van der Waals surface area contributed by atoms with E-state index in [4.69, 9.17) is 4.74 Å². The summed E-state index contributed by atoms with van der Waals surface area (Å²) in [6, 6.07) is 21.0. The summed E-state index contributed by atoms with van der Waals surface area (Å²) in [5, 5.41) is 15.7. The predicted molar refractivity (Wildman–Crippen MR) is 160 cm³/mol. The standard InChI is InChI=1S/C32H32N6O3/c1-36-12-14-38(15-13-36)20-29(39)37(2)25-7-5-24(6-8-25)34-31(23-4-10-28-22(18-23)11-16-41-28)30-26-9-3-21(19-33)17-27(26)35-32(30)40/h3-10,17-18,34H,11-16,20H2,1-2H3,(H,35,40)/b31-30-. The van der Waals surface area contributed by atoms with E-state index in [2.05, 4.69) is 39.6 Å². The third-order valence-electron chi connectivity index (χ3n) is 7.97. The van der Waals surface area contributed by atoms with Crippen molar-refractivity contribution in [3.05, 3.63) is 82.9 Å². The number of anilines is 3. The van der Waals surface area contributed by atoms with Crippen molar-refractivity contribution in [2.24, 2.45) is 0 Å². The number of ether oxygens (including phenoxy) is 1. The van der Waals surface area contributed by atoms with Crippen LogP contribution in [0.15, 0.2) is 60.7 Å². The van der Waals surface area contributed by atoms with E-state index in [0.29, 0.717) is 35.7 Å². The number of hydrogen-bond acceptors (Lipinski definition) is 7. The Hall–Kier alpha value is -4.65. The average Bonchev–Trinajstić information content (AvgIpc) is 3.59. The largest absolute Gasteiger partial charge is 0.493 e. The molecule has 0 unspecified atom stereocenters. The minimum Gasteiger partial charge on any atom is -0.493 e. The fourth-order valence-electron chi connectivity index (χ4n) is 5.47. The lowest BCUT2D eigenvalue weighted by Gasteiger charge is -2.32. The Kier molecular flexibility index (Phi) is 7.18. The summed E-state index contributed by atoms with van der Waals surface area (Å²) in [6.45, 7) is 4.74. The molecular formula is C32H32N6O3. The zero-order valence-corrected chi connectivity index (χ0v) is 23.2. The van der Waals surface area contributed by atoms with Gasteiger partial charge < -0.3 is 25.2 Å². The van der Waals surface area contributed by atoms with Gasteiger partial charge in [0.05, 0.1) is 41.7 Å². The number of nitrogens with one attached hydrogen (secondary N) is 2. The van der Waals surface area contributed by atoms with E-state index in [-0.39, 0.29) is 11.8 Å². The molecule has 3 heterocycles. The Bertz CT molecular complexity index is 1580. The molecule has 41 heavy (non-hydrogen) atoms. The minimum absolute atomic E-state index is 0.0504. The zero-order valence-electron chi connectivity index (χ0n) is 23.2. The maximum Gasteiger partial charge on any atom is 0.258 e. The van der Waals surface area contributed by atoms with Crippen molar-refractivity contribution < 1.29 is 14.3 Å². The molecular weight excluding hydrogens is 516 g/mol. The molecule has 0 spiro atoms. The third-order valence-corrected chi connectivity index (χ3v) is 7.97. The van der Waals surface area contributed by atoms with Crippen molar-refractivity contribution in [1.82, 2.24) is 9.80 Å². The van der Waals surface area contributed by atoms with Crippen LogP contribution in [0.25, 0.3) is 11.3 Å². The molecule has 0 aliphatic carbocycles. The third kappa shape index (κ3) is 5.40. The summed E-state index contributed by atoms with van der Waals surface area (Å²) in [5.41, 5.74) is 6.53. The van der Waals surface area contributed by atoms with E-state index >= 15 is 0 Å². The first-order valence-corrected chi connectivity index (χ1v) is 13.8. The Morgan fingerprint density at radius 2 is 1.85 bits per heavy atom. The molecule has 0 saturated carbocycles. The van der Waals surface area contributed by atoms with Crippen molar-refractivity contribution in [2.75, 3.05) is 69.0 Å². The van der Waals surface area contributed by atoms with Crippen molar-refractivity contribution >= 4 is 40.1 Å². The van der Waals surface area contributed by atoms with Crippen LogP contribution in [0, 0.1) is 11.3 Å². The first-order valence-electron chi connectivity index (χ1n) is 13.8. The molecule has 0 aromatic heterocycles. The zero-order chi connectivity index (χ0) is 28.5. The van der Waals surface area contributed by atoms with E-state index in [1.54, 1.807) is 24.1 Å². The van der Waals surface area contributed by atoms with Gasteiger partial charge in [-0.3, -0.25) is 14.5 Å². The molecule has 0 bridgehead atoms. The van der Waals surface area contributed by atoms with Gasteiger partial charge in [-0.05, 0) is 72.8 Å². The molecule has 3 aliphatic heterocycles. The van der Waals surface area contributed by atoms with Gasteiger partial charge in [-0.2, -0.15) is 5.26 Å². The quantitative estimate of drug-likeness (QED) is 0.454. The summed E-state index contributed by atoms with van der Waals surface area (Å²) in [6.07, 6.45) is 0.809. The smallest absolute Gasteiger partial charge is 0.258 e. The highest BCUT2D eigenvalue weighted by Gasteiger charge is 2.29. The molecule has 1 fully saturated rings. The highest BCUT2D eigenvalue weighted by atomic mass is 16.5. The fraction of sp³-hybridized carbons (Fsp3) is 0.281. The SMILES string of the molecule is CN1CCN(CC(=O)N(C)c2ccc(N/C(=C3\C(=O)Nc4cc(C#N)ccc43)c3ccc4c(c3)CCO4)cc2)CC1. The van der Waals surface area contributed by atoms with Gasteiger partial charge in [-0.1, -0.05) is 6.07 Å². The minimum atomic E-state index is -0.236. The first kappa shape index (κ1) is 26.6. The Morgan fingerprint density at radius 1 is 1.07 bits per heavy atom. The normalized spacial score (nSPS) is 17.6. The van der Waals surface area contributed by atoms with E-state index in [1.807, 2.05) is 42.5 Å². The van der Waals surface area contributed by atoms with Gasteiger partial charge >= 0.3 is 0 Å². The molecule has 2 N–H and O–H groups in total. The summed E-state index contributed by atoms with van der Waals surface area (Å²) >= 11 is 0. The molecule has 6 rings (SSSR count). The number of nitriles is 1. The second-order valence-electron chi connectivity index (χ2n) is 10.7. The van der Waals surface area contributed by atoms with Gasteiger partial charge in [-0.25, -0.2) is 0 Å². The van der Waals surface area contributed by atoms with Gasteiger partial charge in [-0.15, -0.1) is 0 Å². The molecule has 9 heteroatoms. The van der Waals surface area contributed by atoms with Crippen molar-refractivity contribution in [2.45, 2.75) is 6.42 Å². The monoisotopic (exact) mass is 548 g/mol. The average molecular weight is 549 g/mol. The number of fused-ring (bicyclic) bond motifs is 2. The number of hydrogen-bond donors (Lipinski definition) is 2. The maximum absolute atomic E-state index is 13.3. The Balaban J connectivity index is 1.29. The number of amides is 2. The summed E-state index contributed by atoms with van der Waals surface area (Å²) in [4.78, 5) is 32.4. The topological polar surface area (TPSA) is 101 Å². The fourth-order valence-corrected chi connectivity index (χ4v) is 5.47. The Labute approximate surface area is 239 Å². The second kappa shape index (κ2) is 11.1. The lowest BCUT2D eigenvalue weighted by atomic mass is 9.97. The van der Waals surface area contributed by atoms with Crippen molar-refractivity contribution in [1.29, 1.82) is 5.26 Å². The van der Waals surface area contributed by atoms with Crippen LogP contribution in [0.2, 0.25) is 0 Å². The summed E-state index contributed by atoms with van der Waals surface area (Å²) in [7, 11) is 3.90. The van der Waals surface area contributed by atoms with Crippen LogP contribution in [-0.2, 0) is 16.0 Å². The number of likely N-dealkylation sites (N-methyl/N-ethyl adjacent to an activating group) is 2. The number of rotatable bonds is 6. The van der Waals surface area contributed by atoms with Gasteiger partial charge in [0.1, 0.15) is 5.75 Å². The van der Waals surface area contributed by atoms with Crippen LogP contribution >= 0.6 is 0 Å². The molecule has 1 saturated heterocycles. The highest BCUT2D eigenvalue weighted by molar-refractivity contribution is 6.37. The van der Waals surface area contributed by atoms with Gasteiger partial charge in [0.15, 0.2) is 0 Å². The number of carbonyl (C=O) groups excluding carboxylic acids is 2. The van der Waals surface area contributed by atoms with E-state index in [1.165, 1.54) is 0 Å². The molecule has 208 valence electrons. The first-order chi connectivity index (χ1) is 19.9. The van der Waals surface area contributed by atoms with Crippen molar-refractivity contribution in [3.63, 3.8) is 0 Å². The van der Waals surface area contributed by atoms with Crippen molar-refractivity contribution in [3.8, 4) is 11.8 Å². The number of carbonyl (C=O) groups is 2. The second-order valence-corrected chi connectivity index (χ2v) is 10.7. The lowest BCUT2D eigenvalue weighted by molar-refractivity contribution is -0.119. The number of benzene rings is 3. The predicted octanol–water partition coefficient (Wildman–Crippen LogP) is 3.64. The molecule has 3 aromatic carbocycles. The molecule has 0 radical (unpaired) electrons. The van der Waals surface area contributed by atoms with Gasteiger partial charge in [0.2, 0.25) is 5.91 Å². The lowest BCUT2D eigenvalue weighted by Crippen LogP contribution is -2.48. The highest BCUT2D eigenvalue weighted by Crippen LogP contribution is 2.39. The van der Waals surface area contributed by atoms with E-state index < -0.39 is 0 Å². The van der Waals surface area contributed by atoms with Crippen LogP contribution in [-0.4, -0.2) is 75.0 Å². The molecule has 9 nitrogen and oxygen atoms in total. The van der Waals surface area contributed by atoms with Crippen LogP contribution in [0.5, 0.6) is 5.75 Å². The summed E-state index contributed by atoms with van der Waals surface area (Å²) < 4.78 is 5.70. The van der Waals surface area contributed by atoms with Crippen LogP contribution < -0.4 is 20.3 Å². The maximum atomic E-state index is 13.3. The van der Waals surface area contributed by atoms with Crippen LogP contribution in [0.3, 0.4) is 0 Å². The number of piperazine rings is 1. The summed E-state index contributed by atoms with van der Waals surface area (Å²) in [5.74, 6) is 0.677. The van der Waals surface area contributed by atoms with Crippen LogP contribution in [0.1, 0.15) is 22.3 Å².